The van der Waals surface area contributed by atoms with E-state index >= 15 is 0 Å². The minimum absolute atomic E-state index is 0.0230. The van der Waals surface area contributed by atoms with Gasteiger partial charge in [-0.3, -0.25) is 14.6 Å². The van der Waals surface area contributed by atoms with E-state index in [0.29, 0.717) is 39.2 Å². The summed E-state index contributed by atoms with van der Waals surface area (Å²) in [5, 5.41) is 7.12. The number of nitrogen functional groups attached to an aromatic ring is 1. The highest BCUT2D eigenvalue weighted by atomic mass is 32.1. The summed E-state index contributed by atoms with van der Waals surface area (Å²) in [6.07, 6.45) is 5.37. The van der Waals surface area contributed by atoms with E-state index in [4.69, 9.17) is 17.2 Å². The van der Waals surface area contributed by atoms with E-state index in [1.165, 1.54) is 11.3 Å². The fourth-order valence-electron chi connectivity index (χ4n) is 5.55. The molecule has 1 aliphatic heterocycles. The van der Waals surface area contributed by atoms with Gasteiger partial charge in [0.2, 0.25) is 0 Å². The zero-order chi connectivity index (χ0) is 25.7. The van der Waals surface area contributed by atoms with Crippen LogP contribution in [-0.4, -0.2) is 35.8 Å². The molecule has 2 aromatic carbocycles. The lowest BCUT2D eigenvalue weighted by molar-refractivity contribution is -0.124. The van der Waals surface area contributed by atoms with Crippen LogP contribution in [0.2, 0.25) is 0 Å². The minimum atomic E-state index is -1.50. The summed E-state index contributed by atoms with van der Waals surface area (Å²) < 4.78 is 0.723. The van der Waals surface area contributed by atoms with Gasteiger partial charge in [0, 0.05) is 41.6 Å². The molecule has 3 atom stereocenters. The van der Waals surface area contributed by atoms with Crippen LogP contribution in [0.25, 0.3) is 21.2 Å². The highest BCUT2D eigenvalue weighted by molar-refractivity contribution is 7.21. The highest BCUT2D eigenvalue weighted by Gasteiger charge is 2.48. The number of nitrogens with zero attached hydrogens (tertiary/aromatic N) is 1. The summed E-state index contributed by atoms with van der Waals surface area (Å²) in [6.45, 7) is 1.66. The Morgan fingerprint density at radius 1 is 1.16 bits per heavy atom. The van der Waals surface area contributed by atoms with Crippen LogP contribution in [0.15, 0.2) is 60.9 Å². The Hall–Kier alpha value is -3.63. The number of aromatic nitrogens is 1. The van der Waals surface area contributed by atoms with Crippen molar-refractivity contribution in [1.82, 2.24) is 15.6 Å². The number of piperidine rings is 1. The van der Waals surface area contributed by atoms with Gasteiger partial charge in [-0.05, 0) is 59.8 Å². The highest BCUT2D eigenvalue weighted by Crippen LogP contribution is 2.49. The number of nitrogens with two attached hydrogens (primary N) is 3. The first-order valence-corrected chi connectivity index (χ1v) is 13.2. The summed E-state index contributed by atoms with van der Waals surface area (Å²) in [5.41, 5.74) is 22.6. The number of hydrogen-bond donors (Lipinski definition) is 5. The van der Waals surface area contributed by atoms with Crippen LogP contribution < -0.4 is 27.8 Å². The maximum atomic E-state index is 14.0. The number of Topliss-reactive ketones (excluding diaryl/α,β-unsaturated/α-hetero) is 1. The lowest BCUT2D eigenvalue weighted by Crippen LogP contribution is -2.52. The van der Waals surface area contributed by atoms with E-state index in [1.54, 1.807) is 24.5 Å². The summed E-state index contributed by atoms with van der Waals surface area (Å²) in [5.74, 6) is -0.595. The van der Waals surface area contributed by atoms with Crippen molar-refractivity contribution in [2.24, 2.45) is 11.5 Å². The SMILES string of the molecule is Nc1ccc2c3c(c(C(=O)NC4CCCNC4)sc13)C(N)C(=O)C2(N)c1cccc(-c2cccnc2)c1. The number of nitrogens with one attached hydrogen (secondary N) is 2. The lowest BCUT2D eigenvalue weighted by Gasteiger charge is -2.37. The number of benzene rings is 2. The molecule has 1 fully saturated rings. The van der Waals surface area contributed by atoms with Crippen molar-refractivity contribution in [2.75, 3.05) is 18.8 Å². The van der Waals surface area contributed by atoms with Crippen molar-refractivity contribution < 1.29 is 9.59 Å². The van der Waals surface area contributed by atoms with Crippen LogP contribution in [0.3, 0.4) is 0 Å². The molecule has 4 aromatic rings. The molecule has 3 heterocycles. The Morgan fingerprint density at radius 2 is 2.00 bits per heavy atom. The van der Waals surface area contributed by atoms with Gasteiger partial charge >= 0.3 is 0 Å². The largest absolute Gasteiger partial charge is 0.398 e. The smallest absolute Gasteiger partial charge is 0.262 e. The van der Waals surface area contributed by atoms with Crippen molar-refractivity contribution in [2.45, 2.75) is 30.5 Å². The summed E-state index contributed by atoms with van der Waals surface area (Å²) in [4.78, 5) is 32.1. The molecule has 6 rings (SSSR count). The van der Waals surface area contributed by atoms with Gasteiger partial charge in [-0.2, -0.15) is 0 Å². The zero-order valence-electron chi connectivity index (χ0n) is 20.2. The maximum absolute atomic E-state index is 14.0. The third kappa shape index (κ3) is 3.74. The molecule has 0 radical (unpaired) electrons. The first kappa shape index (κ1) is 23.7. The molecule has 8 nitrogen and oxygen atoms in total. The number of anilines is 1. The second-order valence-electron chi connectivity index (χ2n) is 9.74. The topological polar surface area (TPSA) is 149 Å². The van der Waals surface area contributed by atoms with Crippen molar-refractivity contribution >= 4 is 38.8 Å². The summed E-state index contributed by atoms with van der Waals surface area (Å²) in [7, 11) is 0. The molecule has 2 aromatic heterocycles. The molecule has 1 amide bonds. The Kier molecular flexibility index (Phi) is 5.80. The molecule has 1 aliphatic carbocycles. The number of thiophene rings is 1. The van der Waals surface area contributed by atoms with Gasteiger partial charge in [-0.25, -0.2) is 0 Å². The van der Waals surface area contributed by atoms with E-state index in [1.807, 2.05) is 36.4 Å². The van der Waals surface area contributed by atoms with E-state index < -0.39 is 11.6 Å². The Morgan fingerprint density at radius 3 is 2.76 bits per heavy atom. The quantitative estimate of drug-likeness (QED) is 0.264. The van der Waals surface area contributed by atoms with Crippen LogP contribution in [0.5, 0.6) is 0 Å². The zero-order valence-corrected chi connectivity index (χ0v) is 21.0. The number of rotatable bonds is 4. The Balaban J connectivity index is 1.51. The van der Waals surface area contributed by atoms with Gasteiger partial charge in [0.05, 0.1) is 15.6 Å². The van der Waals surface area contributed by atoms with Crippen LogP contribution in [-0.2, 0) is 10.3 Å². The number of hydrogen-bond acceptors (Lipinski definition) is 8. The van der Waals surface area contributed by atoms with Gasteiger partial charge < -0.3 is 27.8 Å². The van der Waals surface area contributed by atoms with Crippen LogP contribution >= 0.6 is 11.3 Å². The summed E-state index contributed by atoms with van der Waals surface area (Å²) >= 11 is 1.27. The molecule has 188 valence electrons. The number of amides is 1. The first-order chi connectivity index (χ1) is 17.9. The Labute approximate surface area is 218 Å². The molecule has 2 aliphatic rings. The van der Waals surface area contributed by atoms with Gasteiger partial charge in [0.15, 0.2) is 5.78 Å². The molecule has 1 saturated heterocycles. The van der Waals surface area contributed by atoms with Crippen molar-refractivity contribution in [3.63, 3.8) is 0 Å². The van der Waals surface area contributed by atoms with E-state index in [0.717, 1.165) is 35.2 Å². The standard InChI is InChI=1S/C28H28N6O2S/c29-20-9-8-19-21-22(25(37-24(20)21)27(36)34-18-7-3-11-33-14-18)23(30)26(35)28(19,31)17-6-1-4-15(12-17)16-5-2-10-32-13-16/h1-2,4-6,8-10,12-13,18,23,33H,3,7,11,14,29-31H2,(H,34,36). The van der Waals surface area contributed by atoms with E-state index in [9.17, 15) is 9.59 Å². The van der Waals surface area contributed by atoms with Crippen LogP contribution in [0.1, 0.15) is 45.2 Å². The average molecular weight is 513 g/mol. The molecule has 37 heavy (non-hydrogen) atoms. The molecular formula is C28H28N6O2S. The molecule has 9 heteroatoms. The molecular weight excluding hydrogens is 484 g/mol. The third-order valence-electron chi connectivity index (χ3n) is 7.46. The molecule has 0 bridgehead atoms. The number of carbonyl (C=O) groups is 2. The van der Waals surface area contributed by atoms with Gasteiger partial charge in [-0.15, -0.1) is 11.3 Å². The van der Waals surface area contributed by atoms with Gasteiger partial charge in [0.1, 0.15) is 5.54 Å². The van der Waals surface area contributed by atoms with Gasteiger partial charge in [-0.1, -0.05) is 30.3 Å². The lowest BCUT2D eigenvalue weighted by atomic mass is 9.70. The minimum Gasteiger partial charge on any atom is -0.398 e. The fourth-order valence-corrected chi connectivity index (χ4v) is 6.75. The fraction of sp³-hybridized carbons (Fsp3) is 0.250. The number of pyridine rings is 1. The van der Waals surface area contributed by atoms with E-state index in [2.05, 4.69) is 15.6 Å². The van der Waals surface area contributed by atoms with Gasteiger partial charge in [0.25, 0.3) is 5.91 Å². The van der Waals surface area contributed by atoms with Crippen molar-refractivity contribution in [3.05, 3.63) is 82.5 Å². The maximum Gasteiger partial charge on any atom is 0.262 e. The summed E-state index contributed by atoms with van der Waals surface area (Å²) in [6, 6.07) is 13.9. The van der Waals surface area contributed by atoms with Crippen molar-refractivity contribution in [3.8, 4) is 11.1 Å². The normalized spacial score (nSPS) is 23.2. The predicted molar refractivity (Wildman–Crippen MR) is 146 cm³/mol. The van der Waals surface area contributed by atoms with Crippen molar-refractivity contribution in [1.29, 1.82) is 0 Å². The van der Waals surface area contributed by atoms with E-state index in [-0.39, 0.29) is 17.7 Å². The Bertz CT molecular complexity index is 1530. The predicted octanol–water partition coefficient (Wildman–Crippen LogP) is 2.81. The molecule has 3 unspecified atom stereocenters. The monoisotopic (exact) mass is 512 g/mol. The first-order valence-electron chi connectivity index (χ1n) is 12.4. The van der Waals surface area contributed by atoms with Crippen LogP contribution in [0, 0.1) is 0 Å². The average Bonchev–Trinajstić information content (AvgIpc) is 3.34. The molecule has 0 saturated carbocycles. The number of carbonyl (C=O) groups excluding carboxylic acids is 2. The second-order valence-corrected chi connectivity index (χ2v) is 10.8. The number of ketones is 1. The third-order valence-corrected chi connectivity index (χ3v) is 8.72. The van der Waals surface area contributed by atoms with Crippen LogP contribution in [0.4, 0.5) is 5.69 Å². The molecule has 8 N–H and O–H groups in total. The second kappa shape index (κ2) is 9.04. The molecule has 0 spiro atoms.